The molecule has 0 saturated carbocycles. The number of carbonyl (C=O) groups is 2. The Kier molecular flexibility index (Phi) is 4.35. The van der Waals surface area contributed by atoms with Crippen LogP contribution in [0.1, 0.15) is 18.1 Å². The highest BCUT2D eigenvalue weighted by atomic mass is 16.5. The van der Waals surface area contributed by atoms with Gasteiger partial charge in [-0.05, 0) is 41.8 Å². The molecule has 2 aromatic rings. The van der Waals surface area contributed by atoms with Gasteiger partial charge in [-0.3, -0.25) is 14.6 Å². The molecule has 0 unspecified atom stereocenters. The highest BCUT2D eigenvalue weighted by Crippen LogP contribution is 2.33. The van der Waals surface area contributed by atoms with Crippen LogP contribution in [0.4, 0.5) is 5.69 Å². The average molecular weight is 364 g/mol. The fourth-order valence-corrected chi connectivity index (χ4v) is 3.41. The van der Waals surface area contributed by atoms with Crippen LogP contribution in [0.2, 0.25) is 0 Å². The molecule has 27 heavy (non-hydrogen) atoms. The lowest BCUT2D eigenvalue weighted by Crippen LogP contribution is -2.39. The first-order chi connectivity index (χ1) is 13.1. The average Bonchev–Trinajstić information content (AvgIpc) is 3.22. The fourth-order valence-electron chi connectivity index (χ4n) is 3.41. The fraction of sp³-hybridized carbons (Fsp3) is 0.300. The maximum Gasteiger partial charge on any atom is 0.263 e. The van der Waals surface area contributed by atoms with E-state index in [0.29, 0.717) is 18.0 Å². The number of fused-ring (bicyclic) bond motifs is 1. The van der Waals surface area contributed by atoms with Gasteiger partial charge in [-0.25, -0.2) is 4.90 Å². The number of anilines is 1. The van der Waals surface area contributed by atoms with Crippen LogP contribution in [0.3, 0.4) is 0 Å². The van der Waals surface area contributed by atoms with Crippen molar-refractivity contribution in [1.82, 2.24) is 5.01 Å². The monoisotopic (exact) mass is 364 g/mol. The molecule has 2 aliphatic heterocycles. The lowest BCUT2D eigenvalue weighted by molar-refractivity contribution is -0.123. The molecule has 1 saturated heterocycles. The van der Waals surface area contributed by atoms with E-state index in [4.69, 9.17) is 4.74 Å². The number of benzene rings is 2. The van der Waals surface area contributed by atoms with Crippen molar-refractivity contribution in [3.05, 3.63) is 59.7 Å². The molecule has 2 aromatic carbocycles. The van der Waals surface area contributed by atoms with Gasteiger partial charge in [-0.15, -0.1) is 0 Å². The standard InChI is InChI=1S/C20H20N4O3/c1-3-13-4-6-14(7-5-13)12-23-18-17(21-22-23)19(25)24(20(18)26)15-8-10-16(27-2)11-9-15/h4-11,17-18H,3,12H2,1-2H3/t17-,18+/m1/s1. The summed E-state index contributed by atoms with van der Waals surface area (Å²) in [5, 5.41) is 9.76. The highest BCUT2D eigenvalue weighted by Gasteiger charge is 2.54. The van der Waals surface area contributed by atoms with E-state index < -0.39 is 12.1 Å². The first-order valence-electron chi connectivity index (χ1n) is 8.89. The molecule has 2 heterocycles. The van der Waals surface area contributed by atoms with Crippen LogP contribution in [0, 0.1) is 0 Å². The van der Waals surface area contributed by atoms with Gasteiger partial charge in [0.2, 0.25) is 0 Å². The van der Waals surface area contributed by atoms with Gasteiger partial charge < -0.3 is 4.74 Å². The van der Waals surface area contributed by atoms with E-state index in [0.717, 1.165) is 12.0 Å². The van der Waals surface area contributed by atoms with Gasteiger partial charge >= 0.3 is 0 Å². The number of rotatable bonds is 5. The highest BCUT2D eigenvalue weighted by molar-refractivity contribution is 6.25. The van der Waals surface area contributed by atoms with Crippen LogP contribution in [0.5, 0.6) is 5.75 Å². The molecular weight excluding hydrogens is 344 g/mol. The summed E-state index contributed by atoms with van der Waals surface area (Å²) >= 11 is 0. The zero-order valence-electron chi connectivity index (χ0n) is 15.2. The molecule has 0 N–H and O–H groups in total. The summed E-state index contributed by atoms with van der Waals surface area (Å²) in [5.74, 6) is 0.0166. The van der Waals surface area contributed by atoms with Crippen molar-refractivity contribution >= 4 is 17.5 Å². The Bertz CT molecular complexity index is 892. The maximum absolute atomic E-state index is 13.0. The van der Waals surface area contributed by atoms with Crippen LogP contribution < -0.4 is 9.64 Å². The van der Waals surface area contributed by atoms with Crippen LogP contribution in [0.25, 0.3) is 0 Å². The molecule has 0 radical (unpaired) electrons. The van der Waals surface area contributed by atoms with Crippen molar-refractivity contribution in [2.45, 2.75) is 32.0 Å². The maximum atomic E-state index is 13.0. The molecule has 1 fully saturated rings. The first kappa shape index (κ1) is 17.2. The lowest BCUT2D eigenvalue weighted by atomic mass is 10.1. The topological polar surface area (TPSA) is 74.6 Å². The molecule has 2 amide bonds. The summed E-state index contributed by atoms with van der Waals surface area (Å²) in [6, 6.07) is 13.5. The quantitative estimate of drug-likeness (QED) is 0.765. The van der Waals surface area contributed by atoms with Crippen molar-refractivity contribution in [2.75, 3.05) is 12.0 Å². The number of methoxy groups -OCH3 is 1. The van der Waals surface area contributed by atoms with Crippen molar-refractivity contribution in [2.24, 2.45) is 10.3 Å². The molecule has 4 rings (SSSR count). The smallest absolute Gasteiger partial charge is 0.263 e. The molecule has 0 aromatic heterocycles. The van der Waals surface area contributed by atoms with Crippen molar-refractivity contribution < 1.29 is 14.3 Å². The number of carbonyl (C=O) groups excluding carboxylic acids is 2. The van der Waals surface area contributed by atoms with Gasteiger partial charge in [0, 0.05) is 0 Å². The minimum atomic E-state index is -0.783. The van der Waals surface area contributed by atoms with Crippen molar-refractivity contribution in [3.63, 3.8) is 0 Å². The first-order valence-corrected chi connectivity index (χ1v) is 8.89. The minimum Gasteiger partial charge on any atom is -0.497 e. The van der Waals surface area contributed by atoms with Crippen LogP contribution in [-0.4, -0.2) is 36.0 Å². The van der Waals surface area contributed by atoms with Crippen LogP contribution in [-0.2, 0) is 22.6 Å². The van der Waals surface area contributed by atoms with Gasteiger partial charge in [0.05, 0.1) is 19.3 Å². The van der Waals surface area contributed by atoms with E-state index >= 15 is 0 Å². The summed E-state index contributed by atoms with van der Waals surface area (Å²) in [6.07, 6.45) is 0.970. The number of amides is 2. The van der Waals surface area contributed by atoms with Crippen LogP contribution in [0.15, 0.2) is 58.9 Å². The minimum absolute atomic E-state index is 0.301. The molecule has 0 bridgehead atoms. The second-order valence-corrected chi connectivity index (χ2v) is 6.57. The summed E-state index contributed by atoms with van der Waals surface area (Å²) in [5.41, 5.74) is 2.79. The third kappa shape index (κ3) is 2.95. The van der Waals surface area contributed by atoms with E-state index in [-0.39, 0.29) is 11.8 Å². The molecule has 7 heteroatoms. The van der Waals surface area contributed by atoms with Gasteiger partial charge in [-0.2, -0.15) is 5.11 Å². The SMILES string of the molecule is CCc1ccc(CN2N=N[C@H]3C(=O)N(c4ccc(OC)cc4)C(=O)[C@H]32)cc1. The molecule has 0 spiro atoms. The summed E-state index contributed by atoms with van der Waals surface area (Å²) in [4.78, 5) is 26.9. The predicted molar refractivity (Wildman–Crippen MR) is 99.3 cm³/mol. The summed E-state index contributed by atoms with van der Waals surface area (Å²) in [7, 11) is 1.57. The Morgan fingerprint density at radius 3 is 2.26 bits per heavy atom. The molecular formula is C20H20N4O3. The van der Waals surface area contributed by atoms with E-state index in [2.05, 4.69) is 29.4 Å². The van der Waals surface area contributed by atoms with Crippen LogP contribution >= 0.6 is 0 Å². The Hall–Kier alpha value is -3.22. The third-order valence-corrected chi connectivity index (χ3v) is 4.96. The normalized spacial score (nSPS) is 21.1. The number of imide groups is 1. The summed E-state index contributed by atoms with van der Waals surface area (Å²) in [6.45, 7) is 2.54. The van der Waals surface area contributed by atoms with Gasteiger partial charge in [0.25, 0.3) is 11.8 Å². The molecule has 2 aliphatic rings. The number of hydrogen-bond acceptors (Lipinski definition) is 6. The Balaban J connectivity index is 1.55. The van der Waals surface area contributed by atoms with E-state index in [1.54, 1.807) is 36.4 Å². The Morgan fingerprint density at radius 2 is 1.63 bits per heavy atom. The Labute approximate surface area is 157 Å². The molecule has 0 aliphatic carbocycles. The molecule has 138 valence electrons. The predicted octanol–water partition coefficient (Wildman–Crippen LogP) is 2.75. The van der Waals surface area contributed by atoms with E-state index in [1.165, 1.54) is 10.5 Å². The zero-order chi connectivity index (χ0) is 19.0. The van der Waals surface area contributed by atoms with Crippen molar-refractivity contribution in [3.8, 4) is 5.75 Å². The van der Waals surface area contributed by atoms with Gasteiger partial charge in [0.1, 0.15) is 5.75 Å². The summed E-state index contributed by atoms with van der Waals surface area (Å²) < 4.78 is 5.13. The second-order valence-electron chi connectivity index (χ2n) is 6.57. The van der Waals surface area contributed by atoms with E-state index in [1.807, 2.05) is 12.1 Å². The van der Waals surface area contributed by atoms with E-state index in [9.17, 15) is 9.59 Å². The van der Waals surface area contributed by atoms with Gasteiger partial charge in [0.15, 0.2) is 12.1 Å². The number of ether oxygens (including phenoxy) is 1. The van der Waals surface area contributed by atoms with Crippen molar-refractivity contribution in [1.29, 1.82) is 0 Å². The number of hydrogen-bond donors (Lipinski definition) is 0. The third-order valence-electron chi connectivity index (χ3n) is 4.96. The molecule has 7 nitrogen and oxygen atoms in total. The lowest BCUT2D eigenvalue weighted by Gasteiger charge is -2.20. The second kappa shape index (κ2) is 6.83. The Morgan fingerprint density at radius 1 is 0.963 bits per heavy atom. The number of nitrogens with zero attached hydrogens (tertiary/aromatic N) is 4. The number of aryl methyl sites for hydroxylation is 1. The zero-order valence-corrected chi connectivity index (χ0v) is 15.2. The molecule has 2 atom stereocenters. The largest absolute Gasteiger partial charge is 0.497 e. The van der Waals surface area contributed by atoms with Gasteiger partial charge in [-0.1, -0.05) is 36.4 Å².